The first-order valence-corrected chi connectivity index (χ1v) is 17.2. The number of phosphoric ester groups is 1. The van der Waals surface area contributed by atoms with Crippen molar-refractivity contribution in [3.8, 4) is 0 Å². The van der Waals surface area contributed by atoms with E-state index in [1.807, 2.05) is 0 Å². The summed E-state index contributed by atoms with van der Waals surface area (Å²) in [5, 5.41) is 32.9. The molecule has 272 valence electrons. The maximum atomic E-state index is 12.8. The van der Waals surface area contributed by atoms with Crippen LogP contribution in [0.15, 0.2) is 25.3 Å². The number of nitrogen functional groups attached to an aromatic ring is 2. The lowest BCUT2D eigenvalue weighted by Gasteiger charge is -2.30. The Morgan fingerprint density at radius 3 is 2.00 bits per heavy atom. The average Bonchev–Trinajstić information content (AvgIpc) is 3.79. The number of phosphoric acid groups is 2. The summed E-state index contributed by atoms with van der Waals surface area (Å²) in [6, 6.07) is 0. The van der Waals surface area contributed by atoms with E-state index in [0.717, 1.165) is 17.2 Å². The number of anilines is 2. The molecule has 28 heteroatoms. The molecule has 0 radical (unpaired) electrons. The highest BCUT2D eigenvalue weighted by molar-refractivity contribution is 7.60. The first-order valence-electron chi connectivity index (χ1n) is 14.2. The van der Waals surface area contributed by atoms with Gasteiger partial charge in [-0.15, -0.1) is 0 Å². The topological polar surface area (TPSA) is 369 Å². The van der Waals surface area contributed by atoms with Crippen LogP contribution in [-0.2, 0) is 46.4 Å². The molecular weight excluding hydrogens is 722 g/mol. The summed E-state index contributed by atoms with van der Waals surface area (Å²) in [4.78, 5) is 52.8. The van der Waals surface area contributed by atoms with E-state index < -0.39 is 90.9 Å². The SMILES string of the molecule is Nc1ncnc2c1ncn2[C@@H]1O[C@@H]2COC(O)O[C@@H]3[C@H](OCC(O)O[C@H]2[C@H]1O)O[C@@H](n1cnc2c(N)ncnc21)[C@@H]3OP(=O)(O)OP(=O)(O)O. The summed E-state index contributed by atoms with van der Waals surface area (Å²) in [7, 11) is -11.2. The van der Waals surface area contributed by atoms with E-state index in [2.05, 4.69) is 34.2 Å². The number of nitrogens with two attached hydrogens (primary N) is 2. The van der Waals surface area contributed by atoms with Gasteiger partial charge in [0.05, 0.1) is 19.3 Å². The Bertz CT molecular complexity index is 1960. The molecule has 0 amide bonds. The number of rotatable bonds is 6. The standard InChI is InChI=1S/C22H28N10O16P2/c23-15-9-17(27-3-25-15)31(5-29-9)19-11(34)12-7(43-19)1-42-22(35)45-14-13(47-50(39,40)48-49(36,37)38)20(46-21(14)41-2-8(33)44-12)32-6-30-10-16(24)26-4-28-18(10)32/h3-8,11-14,19-22,33-35H,1-2H2,(H,39,40)(H2,23,25,27)(H2,24,26,28)(H2,36,37,38)/t7-,8?,11-,12-,13-,14+,19-,20-,21-,22?/m1/s1. The van der Waals surface area contributed by atoms with Crippen LogP contribution >= 0.6 is 15.6 Å². The molecule has 50 heavy (non-hydrogen) atoms. The van der Waals surface area contributed by atoms with Crippen LogP contribution in [0.25, 0.3) is 22.3 Å². The molecule has 3 unspecified atom stereocenters. The predicted molar refractivity (Wildman–Crippen MR) is 155 cm³/mol. The summed E-state index contributed by atoms with van der Waals surface area (Å²) < 4.78 is 70.0. The van der Waals surface area contributed by atoms with Gasteiger partial charge in [0.2, 0.25) is 0 Å². The van der Waals surface area contributed by atoms with Crippen molar-refractivity contribution in [3.63, 3.8) is 0 Å². The zero-order valence-electron chi connectivity index (χ0n) is 24.9. The lowest BCUT2D eigenvalue weighted by molar-refractivity contribution is -0.326. The second-order valence-electron chi connectivity index (χ2n) is 10.9. The van der Waals surface area contributed by atoms with Gasteiger partial charge in [-0.25, -0.2) is 39.0 Å². The lowest BCUT2D eigenvalue weighted by atomic mass is 10.1. The van der Waals surface area contributed by atoms with E-state index in [1.54, 1.807) is 0 Å². The Morgan fingerprint density at radius 1 is 0.760 bits per heavy atom. The van der Waals surface area contributed by atoms with E-state index in [1.165, 1.54) is 17.2 Å². The molecule has 10 N–H and O–H groups in total. The fourth-order valence-electron chi connectivity index (χ4n) is 5.64. The van der Waals surface area contributed by atoms with Crippen LogP contribution in [0.2, 0.25) is 0 Å². The van der Waals surface area contributed by atoms with Crippen LogP contribution in [0.4, 0.5) is 11.6 Å². The second-order valence-corrected chi connectivity index (χ2v) is 13.6. The summed E-state index contributed by atoms with van der Waals surface area (Å²) in [6.07, 6.45) is -9.32. The number of aliphatic hydroxyl groups is 3. The van der Waals surface area contributed by atoms with Crippen LogP contribution in [0, 0.1) is 0 Å². The number of hydrogen-bond acceptors (Lipinski definition) is 21. The molecule has 3 saturated heterocycles. The van der Waals surface area contributed by atoms with Crippen molar-refractivity contribution in [2.24, 2.45) is 0 Å². The summed E-state index contributed by atoms with van der Waals surface area (Å²) in [5.74, 6) is 0.0164. The number of aliphatic hydroxyl groups excluding tert-OH is 3. The molecule has 3 aliphatic rings. The van der Waals surface area contributed by atoms with Crippen LogP contribution < -0.4 is 11.5 Å². The van der Waals surface area contributed by atoms with Gasteiger partial charge >= 0.3 is 15.6 Å². The number of ether oxygens (including phenoxy) is 6. The van der Waals surface area contributed by atoms with E-state index >= 15 is 0 Å². The van der Waals surface area contributed by atoms with Crippen molar-refractivity contribution in [1.29, 1.82) is 0 Å². The second kappa shape index (κ2) is 13.3. The molecule has 0 saturated carbocycles. The number of nitrogens with zero attached hydrogens (tertiary/aromatic N) is 8. The zero-order valence-corrected chi connectivity index (χ0v) is 26.7. The lowest BCUT2D eigenvalue weighted by Crippen LogP contribution is -2.45. The molecule has 0 aliphatic carbocycles. The van der Waals surface area contributed by atoms with Gasteiger partial charge in [-0.1, -0.05) is 0 Å². The molecule has 7 rings (SSSR count). The molecule has 4 aromatic heterocycles. The van der Waals surface area contributed by atoms with E-state index in [9.17, 15) is 39.1 Å². The maximum absolute atomic E-state index is 12.8. The molecule has 3 aliphatic heterocycles. The summed E-state index contributed by atoms with van der Waals surface area (Å²) in [5.41, 5.74) is 12.2. The Kier molecular flexibility index (Phi) is 9.31. The Balaban J connectivity index is 1.17. The van der Waals surface area contributed by atoms with Gasteiger partial charge in [-0.3, -0.25) is 13.7 Å². The number of aromatic nitrogens is 8. The monoisotopic (exact) mass is 750 g/mol. The predicted octanol–water partition coefficient (Wildman–Crippen LogP) is -3.05. The van der Waals surface area contributed by atoms with E-state index in [0.29, 0.717) is 0 Å². The third kappa shape index (κ3) is 6.81. The fourth-order valence-corrected chi connectivity index (χ4v) is 7.40. The summed E-state index contributed by atoms with van der Waals surface area (Å²) >= 11 is 0. The van der Waals surface area contributed by atoms with Gasteiger partial charge in [-0.2, -0.15) is 4.31 Å². The maximum Gasteiger partial charge on any atom is 0.481 e. The molecule has 0 bridgehead atoms. The largest absolute Gasteiger partial charge is 0.481 e. The van der Waals surface area contributed by atoms with Gasteiger partial charge in [0.15, 0.2) is 48.0 Å². The van der Waals surface area contributed by atoms with Gasteiger partial charge in [0.1, 0.15) is 60.8 Å². The molecule has 7 heterocycles. The van der Waals surface area contributed by atoms with Crippen molar-refractivity contribution in [1.82, 2.24) is 39.0 Å². The highest BCUT2D eigenvalue weighted by Crippen LogP contribution is 2.60. The molecule has 0 spiro atoms. The van der Waals surface area contributed by atoms with Crippen LogP contribution in [0.1, 0.15) is 12.5 Å². The molecule has 4 aromatic rings. The highest BCUT2D eigenvalue weighted by atomic mass is 31.3. The van der Waals surface area contributed by atoms with E-state index in [4.69, 9.17) is 44.4 Å². The van der Waals surface area contributed by atoms with Gasteiger partial charge in [0, 0.05) is 0 Å². The minimum atomic E-state index is -5.64. The quantitative estimate of drug-likeness (QED) is 0.0907. The van der Waals surface area contributed by atoms with Gasteiger partial charge < -0.3 is 69.9 Å². The smallest absolute Gasteiger partial charge is 0.386 e. The normalized spacial score (nSPS) is 33.8. The van der Waals surface area contributed by atoms with Crippen molar-refractivity contribution >= 4 is 49.6 Å². The molecule has 3 fully saturated rings. The van der Waals surface area contributed by atoms with Crippen molar-refractivity contribution in [2.75, 3.05) is 24.7 Å². The summed E-state index contributed by atoms with van der Waals surface area (Å²) in [6.45, 7) is -3.47. The Morgan fingerprint density at radius 2 is 1.38 bits per heavy atom. The van der Waals surface area contributed by atoms with E-state index in [-0.39, 0.29) is 34.0 Å². The molecule has 26 nitrogen and oxygen atoms in total. The average molecular weight is 750 g/mol. The minimum absolute atomic E-state index is 0.00518. The third-order valence-corrected chi connectivity index (χ3v) is 9.82. The van der Waals surface area contributed by atoms with Gasteiger partial charge in [0.25, 0.3) is 6.48 Å². The molecule has 0 aromatic carbocycles. The Hall–Kier alpha value is -3.40. The minimum Gasteiger partial charge on any atom is -0.386 e. The van der Waals surface area contributed by atoms with Crippen molar-refractivity contribution in [3.05, 3.63) is 25.3 Å². The number of fused-ring (bicyclic) bond motifs is 4. The third-order valence-electron chi connectivity index (χ3n) is 7.64. The molecule has 11 atom stereocenters. The zero-order chi connectivity index (χ0) is 35.5. The molecular formula is C22H28N10O16P2. The number of hydrogen-bond donors (Lipinski definition) is 8. The first kappa shape index (κ1) is 35.0. The first-order chi connectivity index (χ1) is 23.7. The van der Waals surface area contributed by atoms with Crippen LogP contribution in [0.3, 0.4) is 0 Å². The Labute approximate surface area is 277 Å². The van der Waals surface area contributed by atoms with Gasteiger partial charge in [-0.05, 0) is 0 Å². The van der Waals surface area contributed by atoms with Crippen LogP contribution in [-0.4, -0.2) is 132 Å². The van der Waals surface area contributed by atoms with Crippen molar-refractivity contribution in [2.45, 2.75) is 62.0 Å². The van der Waals surface area contributed by atoms with Crippen molar-refractivity contribution < 1.29 is 76.4 Å². The van der Waals surface area contributed by atoms with Crippen LogP contribution in [0.5, 0.6) is 0 Å². The number of imidazole rings is 2. The highest BCUT2D eigenvalue weighted by Gasteiger charge is 2.54. The fraction of sp³-hybridized carbons (Fsp3) is 0.545.